The van der Waals surface area contributed by atoms with E-state index in [1.807, 2.05) is 0 Å². The minimum Gasteiger partial charge on any atom is -0.395 e. The lowest BCUT2D eigenvalue weighted by molar-refractivity contribution is -0.149. The molecule has 0 unspecified atom stereocenters. The molecule has 198 valence electrons. The predicted molar refractivity (Wildman–Crippen MR) is 117 cm³/mol. The van der Waals surface area contributed by atoms with Crippen LogP contribution in [0.25, 0.3) is 0 Å². The van der Waals surface area contributed by atoms with Crippen molar-refractivity contribution in [1.29, 1.82) is 0 Å². The van der Waals surface area contributed by atoms with Gasteiger partial charge >= 0.3 is 0 Å². The van der Waals surface area contributed by atoms with Gasteiger partial charge in [-0.05, 0) is 6.92 Å². The summed E-state index contributed by atoms with van der Waals surface area (Å²) in [5.74, 6) is -2.63. The molecular formula is C20H34N6O9. The zero-order valence-electron chi connectivity index (χ0n) is 19.4. The lowest BCUT2D eigenvalue weighted by atomic mass is 10.0. The van der Waals surface area contributed by atoms with Crippen molar-refractivity contribution in [2.45, 2.75) is 68.3 Å². The van der Waals surface area contributed by atoms with Gasteiger partial charge in [0.25, 0.3) is 0 Å². The first kappa shape index (κ1) is 27.2. The first-order valence-electron chi connectivity index (χ1n) is 11.5. The quantitative estimate of drug-likeness (QED) is 0.163. The van der Waals surface area contributed by atoms with E-state index in [1.165, 1.54) is 16.8 Å². The Morgan fingerprint density at radius 3 is 2.20 bits per heavy atom. The number of nitrogens with one attached hydrogen (secondary N) is 2. The van der Waals surface area contributed by atoms with Crippen LogP contribution < -0.4 is 16.5 Å². The molecule has 0 aromatic rings. The van der Waals surface area contributed by atoms with Crippen molar-refractivity contribution < 1.29 is 44.7 Å². The molecule has 3 aliphatic rings. The number of hydrogen-bond donors (Lipinski definition) is 8. The number of nitrogens with two attached hydrogens (primary N) is 1. The van der Waals surface area contributed by atoms with Crippen molar-refractivity contribution in [2.24, 2.45) is 5.73 Å². The number of primary amides is 1. The summed E-state index contributed by atoms with van der Waals surface area (Å²) in [5, 5.41) is 53.3. The van der Waals surface area contributed by atoms with Crippen molar-refractivity contribution in [3.8, 4) is 0 Å². The van der Waals surface area contributed by atoms with Crippen LogP contribution in [0.4, 0.5) is 0 Å². The van der Waals surface area contributed by atoms with E-state index < -0.39 is 78.8 Å². The fraction of sp³-hybridized carbons (Fsp3) is 0.800. The van der Waals surface area contributed by atoms with Crippen molar-refractivity contribution >= 4 is 23.6 Å². The molecule has 0 spiro atoms. The van der Waals surface area contributed by atoms with Crippen LogP contribution in [0.5, 0.6) is 0 Å². The number of aliphatic hydroxyl groups is 5. The molecule has 3 heterocycles. The van der Waals surface area contributed by atoms with Gasteiger partial charge in [0.05, 0.1) is 37.5 Å². The summed E-state index contributed by atoms with van der Waals surface area (Å²) in [6.07, 6.45) is -4.55. The van der Waals surface area contributed by atoms with E-state index in [4.69, 9.17) is 5.73 Å². The summed E-state index contributed by atoms with van der Waals surface area (Å²) in [5.41, 5.74) is 7.92. The molecule has 35 heavy (non-hydrogen) atoms. The van der Waals surface area contributed by atoms with Crippen LogP contribution in [0.15, 0.2) is 0 Å². The summed E-state index contributed by atoms with van der Waals surface area (Å²) >= 11 is 0. The maximum atomic E-state index is 13.4. The molecule has 8 atom stereocenters. The van der Waals surface area contributed by atoms with E-state index in [2.05, 4.69) is 10.7 Å². The molecule has 0 radical (unpaired) electrons. The molecule has 4 amide bonds. The highest BCUT2D eigenvalue weighted by Gasteiger charge is 2.47. The van der Waals surface area contributed by atoms with E-state index in [0.29, 0.717) is 0 Å². The summed E-state index contributed by atoms with van der Waals surface area (Å²) in [4.78, 5) is 52.7. The Bertz CT molecular complexity index is 831. The van der Waals surface area contributed by atoms with Gasteiger partial charge in [-0.3, -0.25) is 19.2 Å². The zero-order chi connectivity index (χ0) is 26.0. The normalized spacial score (nSPS) is 34.6. The van der Waals surface area contributed by atoms with Crippen molar-refractivity contribution in [3.05, 3.63) is 0 Å². The highest BCUT2D eigenvalue weighted by atomic mass is 16.3. The molecule has 0 saturated carbocycles. The van der Waals surface area contributed by atoms with Gasteiger partial charge in [0, 0.05) is 32.5 Å². The second kappa shape index (κ2) is 11.1. The summed E-state index contributed by atoms with van der Waals surface area (Å²) < 4.78 is 0. The van der Waals surface area contributed by atoms with E-state index in [9.17, 15) is 44.7 Å². The highest BCUT2D eigenvalue weighted by molar-refractivity contribution is 5.95. The highest BCUT2D eigenvalue weighted by Crippen LogP contribution is 2.26. The Morgan fingerprint density at radius 2 is 1.60 bits per heavy atom. The number of rotatable bonds is 7. The number of aliphatic hydroxyl groups excluding tert-OH is 5. The topological polar surface area (TPSA) is 229 Å². The third-order valence-electron chi connectivity index (χ3n) is 6.62. The monoisotopic (exact) mass is 502 g/mol. The number of hydrogen-bond acceptors (Lipinski definition) is 11. The van der Waals surface area contributed by atoms with Crippen molar-refractivity contribution in [1.82, 2.24) is 25.6 Å². The van der Waals surface area contributed by atoms with E-state index in [-0.39, 0.29) is 39.0 Å². The van der Waals surface area contributed by atoms with Crippen LogP contribution in [0.2, 0.25) is 0 Å². The number of carbonyl (C=O) groups is 4. The van der Waals surface area contributed by atoms with Gasteiger partial charge in [-0.1, -0.05) is 0 Å². The first-order valence-corrected chi connectivity index (χ1v) is 11.5. The fourth-order valence-corrected chi connectivity index (χ4v) is 4.68. The molecule has 0 aliphatic carbocycles. The fourth-order valence-electron chi connectivity index (χ4n) is 4.68. The molecule has 0 aromatic carbocycles. The molecule has 3 saturated heterocycles. The van der Waals surface area contributed by atoms with Crippen LogP contribution in [-0.4, -0.2) is 145 Å². The Hall–Kier alpha value is -2.40. The van der Waals surface area contributed by atoms with Gasteiger partial charge in [-0.25, -0.2) is 10.4 Å². The third kappa shape index (κ3) is 6.06. The molecular weight excluding hydrogens is 468 g/mol. The van der Waals surface area contributed by atoms with Crippen LogP contribution in [0.3, 0.4) is 0 Å². The van der Waals surface area contributed by atoms with Crippen molar-refractivity contribution in [3.63, 3.8) is 0 Å². The molecule has 15 heteroatoms. The van der Waals surface area contributed by atoms with Crippen LogP contribution in [0.1, 0.15) is 19.8 Å². The molecule has 0 bridgehead atoms. The number of β-amino-alcohol motifs (C(OH)–C–C–N with tert-alkyl or cyclic N) is 3. The van der Waals surface area contributed by atoms with Gasteiger partial charge in [0.15, 0.2) is 0 Å². The van der Waals surface area contributed by atoms with Crippen LogP contribution in [-0.2, 0) is 19.2 Å². The molecule has 9 N–H and O–H groups in total. The number of hydrazine groups is 1. The van der Waals surface area contributed by atoms with Gasteiger partial charge in [-0.2, -0.15) is 0 Å². The van der Waals surface area contributed by atoms with Crippen LogP contribution >= 0.6 is 0 Å². The Balaban J connectivity index is 1.70. The van der Waals surface area contributed by atoms with Gasteiger partial charge in [-0.15, -0.1) is 0 Å². The second-order valence-electron chi connectivity index (χ2n) is 9.34. The minimum atomic E-state index is -1.23. The smallest absolute Gasteiger partial charge is 0.246 e. The average Bonchev–Trinajstić information content (AvgIpc) is 3.38. The van der Waals surface area contributed by atoms with E-state index >= 15 is 0 Å². The maximum absolute atomic E-state index is 13.4. The standard InChI is InChI=1S/C20H34N6O9/c1-9(18(21)33)22-19(34)13-2-10(28)5-26(13)20(35)14-3-11(29)4-25(14)16(31)7-24-6-15(30)17(32)12(8-27)23-24/h9-15,17,23,27-30,32H,2-8H2,1H3,(H2,21,33)(H,22,34)/t9-,10+,11+,12+,13-,14-,15+,17+/m0/s1. The molecule has 3 rings (SSSR count). The third-order valence-corrected chi connectivity index (χ3v) is 6.62. The Morgan fingerprint density at radius 1 is 1.00 bits per heavy atom. The second-order valence-corrected chi connectivity index (χ2v) is 9.34. The lowest BCUT2D eigenvalue weighted by Gasteiger charge is -2.40. The van der Waals surface area contributed by atoms with Crippen molar-refractivity contribution in [2.75, 3.05) is 32.8 Å². The summed E-state index contributed by atoms with van der Waals surface area (Å²) in [6, 6.07) is -4.06. The van der Waals surface area contributed by atoms with Gasteiger partial charge in [0.2, 0.25) is 23.6 Å². The number of carbonyl (C=O) groups excluding carboxylic acids is 4. The molecule has 0 aromatic heterocycles. The lowest BCUT2D eigenvalue weighted by Crippen LogP contribution is -2.65. The summed E-state index contributed by atoms with van der Waals surface area (Å²) in [7, 11) is 0. The van der Waals surface area contributed by atoms with E-state index in [1.54, 1.807) is 0 Å². The number of amides is 4. The Kier molecular flexibility index (Phi) is 8.63. The predicted octanol–water partition coefficient (Wildman–Crippen LogP) is -6.20. The first-order chi connectivity index (χ1) is 16.4. The largest absolute Gasteiger partial charge is 0.395 e. The van der Waals surface area contributed by atoms with Gasteiger partial charge < -0.3 is 46.4 Å². The number of nitrogens with zero attached hydrogens (tertiary/aromatic N) is 3. The zero-order valence-corrected chi connectivity index (χ0v) is 19.4. The summed E-state index contributed by atoms with van der Waals surface area (Å²) in [6.45, 7) is 0.172. The maximum Gasteiger partial charge on any atom is 0.246 e. The molecule has 3 aliphatic heterocycles. The van der Waals surface area contributed by atoms with E-state index in [0.717, 1.165) is 4.90 Å². The molecule has 3 fully saturated rings. The number of likely N-dealkylation sites (tertiary alicyclic amines) is 2. The Labute approximate surface area is 201 Å². The minimum absolute atomic E-state index is 0.0628. The average molecular weight is 503 g/mol. The van der Waals surface area contributed by atoms with Gasteiger partial charge in [0.1, 0.15) is 24.2 Å². The molecule has 15 nitrogen and oxygen atoms in total. The van der Waals surface area contributed by atoms with Crippen LogP contribution in [0, 0.1) is 0 Å². The SMILES string of the molecule is C[C@H](NC(=O)[C@@H]1C[C@@H](O)CN1C(=O)[C@@H]1C[C@@H](O)CN1C(=O)CN1C[C@@H](O)[C@H](O)[C@@H](CO)N1)C(N)=O.